The lowest BCUT2D eigenvalue weighted by Gasteiger charge is -2.26. The highest BCUT2D eigenvalue weighted by Crippen LogP contribution is 2.17. The third kappa shape index (κ3) is 6.75. The van der Waals surface area contributed by atoms with Gasteiger partial charge in [0.25, 0.3) is 0 Å². The monoisotopic (exact) mass is 434 g/mol. The van der Waals surface area contributed by atoms with Crippen molar-refractivity contribution in [3.05, 3.63) is 27.7 Å². The third-order valence-corrected chi connectivity index (χ3v) is 6.04. The number of aryl methyl sites for hydroxylation is 1. The van der Waals surface area contributed by atoms with Crippen molar-refractivity contribution in [1.82, 2.24) is 35.3 Å². The van der Waals surface area contributed by atoms with Crippen LogP contribution in [0.1, 0.15) is 48.5 Å². The van der Waals surface area contributed by atoms with Crippen molar-refractivity contribution >= 4 is 17.3 Å². The van der Waals surface area contributed by atoms with Crippen molar-refractivity contribution < 1.29 is 4.74 Å². The largest absolute Gasteiger partial charge is 0.379 e. The Bertz CT molecular complexity index is 810. The van der Waals surface area contributed by atoms with E-state index in [1.54, 1.807) is 11.3 Å². The van der Waals surface area contributed by atoms with Gasteiger partial charge in [0.1, 0.15) is 17.4 Å². The number of aliphatic imine (C=N–C) groups is 1. The van der Waals surface area contributed by atoms with E-state index in [0.717, 1.165) is 74.1 Å². The van der Waals surface area contributed by atoms with Gasteiger partial charge in [-0.05, 0) is 25.8 Å². The molecule has 3 rings (SSSR count). The summed E-state index contributed by atoms with van der Waals surface area (Å²) in [7, 11) is 1.96. The van der Waals surface area contributed by atoms with Crippen LogP contribution in [0.5, 0.6) is 0 Å². The van der Waals surface area contributed by atoms with Gasteiger partial charge in [-0.25, -0.2) is 9.98 Å². The van der Waals surface area contributed by atoms with Crippen LogP contribution in [0, 0.1) is 6.92 Å². The van der Waals surface area contributed by atoms with Gasteiger partial charge in [-0.3, -0.25) is 4.90 Å². The Labute approximate surface area is 183 Å². The molecule has 2 aromatic heterocycles. The quantitative estimate of drug-likeness (QED) is 0.352. The minimum atomic E-state index is 0.445. The molecule has 0 bridgehead atoms. The Hall–Kier alpha value is -2.04. The Morgan fingerprint density at radius 1 is 1.27 bits per heavy atom. The molecule has 1 fully saturated rings. The van der Waals surface area contributed by atoms with E-state index in [-0.39, 0.29) is 0 Å². The molecule has 1 saturated heterocycles. The van der Waals surface area contributed by atoms with Crippen molar-refractivity contribution in [3.63, 3.8) is 0 Å². The van der Waals surface area contributed by atoms with Crippen LogP contribution in [0.4, 0.5) is 0 Å². The summed E-state index contributed by atoms with van der Waals surface area (Å²) < 4.78 is 7.38. The van der Waals surface area contributed by atoms with Gasteiger partial charge in [-0.1, -0.05) is 13.8 Å². The Morgan fingerprint density at radius 2 is 2.07 bits per heavy atom. The first-order chi connectivity index (χ1) is 14.5. The molecule has 30 heavy (non-hydrogen) atoms. The number of nitrogens with zero attached hydrogens (tertiary/aromatic N) is 6. The number of hydrogen-bond donors (Lipinski definition) is 2. The average molecular weight is 435 g/mol. The van der Waals surface area contributed by atoms with Crippen molar-refractivity contribution in [2.45, 2.75) is 46.2 Å². The van der Waals surface area contributed by atoms with Crippen molar-refractivity contribution in [1.29, 1.82) is 0 Å². The molecule has 0 amide bonds. The number of morpholine rings is 1. The molecule has 2 aromatic rings. The second-order valence-corrected chi connectivity index (χ2v) is 8.74. The number of aromatic nitrogens is 4. The fourth-order valence-corrected chi connectivity index (χ4v) is 3.97. The van der Waals surface area contributed by atoms with Gasteiger partial charge >= 0.3 is 0 Å². The van der Waals surface area contributed by atoms with E-state index in [1.165, 1.54) is 0 Å². The van der Waals surface area contributed by atoms with E-state index >= 15 is 0 Å². The van der Waals surface area contributed by atoms with Crippen LogP contribution in [-0.4, -0.2) is 70.0 Å². The highest BCUT2D eigenvalue weighted by atomic mass is 32.1. The molecule has 0 spiro atoms. The number of rotatable bonds is 9. The topological polar surface area (TPSA) is 92.5 Å². The second-order valence-electron chi connectivity index (χ2n) is 7.80. The molecule has 1 aliphatic heterocycles. The van der Waals surface area contributed by atoms with E-state index < -0.39 is 0 Å². The number of ether oxygens (including phenoxy) is 1. The van der Waals surface area contributed by atoms with Crippen molar-refractivity contribution in [2.75, 3.05) is 39.4 Å². The number of thiazole rings is 1. The molecular formula is C20H34N8OS. The van der Waals surface area contributed by atoms with Crippen molar-refractivity contribution in [2.24, 2.45) is 12.0 Å². The van der Waals surface area contributed by atoms with Crippen molar-refractivity contribution in [3.8, 4) is 0 Å². The molecule has 0 saturated carbocycles. The first kappa shape index (κ1) is 22.6. The summed E-state index contributed by atoms with van der Waals surface area (Å²) in [5, 5.41) is 18.4. The van der Waals surface area contributed by atoms with E-state index in [2.05, 4.69) is 45.0 Å². The predicted octanol–water partition coefficient (Wildman–Crippen LogP) is 1.66. The molecular weight excluding hydrogens is 400 g/mol. The van der Waals surface area contributed by atoms with E-state index in [1.807, 2.05) is 18.5 Å². The highest BCUT2D eigenvalue weighted by Gasteiger charge is 2.11. The van der Waals surface area contributed by atoms with Crippen LogP contribution in [0.2, 0.25) is 0 Å². The van der Waals surface area contributed by atoms with Crippen LogP contribution in [0.3, 0.4) is 0 Å². The van der Waals surface area contributed by atoms with Crippen LogP contribution in [0.25, 0.3) is 0 Å². The number of nitrogens with one attached hydrogen (secondary N) is 2. The molecule has 3 heterocycles. The Kier molecular flexibility index (Phi) is 8.59. The summed E-state index contributed by atoms with van der Waals surface area (Å²) >= 11 is 1.69. The second kappa shape index (κ2) is 11.4. The Balaban J connectivity index is 1.54. The molecule has 0 unspecified atom stereocenters. The summed E-state index contributed by atoms with van der Waals surface area (Å²) in [6.45, 7) is 13.0. The summed E-state index contributed by atoms with van der Waals surface area (Å²) in [6, 6.07) is 0. The molecule has 0 aliphatic carbocycles. The smallest absolute Gasteiger partial charge is 0.192 e. The summed E-state index contributed by atoms with van der Waals surface area (Å²) in [4.78, 5) is 11.9. The summed E-state index contributed by atoms with van der Waals surface area (Å²) in [6.07, 6.45) is 1.05. The molecule has 166 valence electrons. The fourth-order valence-electron chi connectivity index (χ4n) is 3.08. The fraction of sp³-hybridized carbons (Fsp3) is 0.700. The molecule has 0 aromatic carbocycles. The summed E-state index contributed by atoms with van der Waals surface area (Å²) in [5.74, 6) is 2.95. The average Bonchev–Trinajstić information content (AvgIpc) is 3.35. The lowest BCUT2D eigenvalue weighted by molar-refractivity contribution is 0.0376. The lowest BCUT2D eigenvalue weighted by atomic mass is 10.2. The zero-order chi connectivity index (χ0) is 21.3. The van der Waals surface area contributed by atoms with Gasteiger partial charge in [0.15, 0.2) is 11.8 Å². The number of guanidine groups is 1. The maximum absolute atomic E-state index is 5.42. The van der Waals surface area contributed by atoms with Gasteiger partial charge in [0.05, 0.1) is 25.5 Å². The maximum Gasteiger partial charge on any atom is 0.192 e. The number of hydrogen-bond acceptors (Lipinski definition) is 7. The molecule has 0 atom stereocenters. The van der Waals surface area contributed by atoms with E-state index in [9.17, 15) is 0 Å². The zero-order valence-corrected chi connectivity index (χ0v) is 19.3. The normalized spacial score (nSPS) is 15.7. The van der Waals surface area contributed by atoms with Gasteiger partial charge in [-0.15, -0.1) is 21.5 Å². The van der Waals surface area contributed by atoms with Gasteiger partial charge in [0.2, 0.25) is 0 Å². The predicted molar refractivity (Wildman–Crippen MR) is 120 cm³/mol. The lowest BCUT2D eigenvalue weighted by Crippen LogP contribution is -2.40. The van der Waals surface area contributed by atoms with E-state index in [4.69, 9.17) is 14.7 Å². The first-order valence-electron chi connectivity index (χ1n) is 10.6. The maximum atomic E-state index is 5.42. The standard InChI is InChI=1S/C20H34N8OS/c1-15(2)17-14-30-19(24-17)13-23-20(22-12-18-26-25-16(3)27(18)4)21-6-5-7-28-8-10-29-11-9-28/h14-15H,5-13H2,1-4H3,(H2,21,22,23). The molecule has 10 heteroatoms. The summed E-state index contributed by atoms with van der Waals surface area (Å²) in [5.41, 5.74) is 1.14. The molecule has 2 N–H and O–H groups in total. The minimum absolute atomic E-state index is 0.445. The van der Waals surface area contributed by atoms with Crippen LogP contribution >= 0.6 is 11.3 Å². The molecule has 9 nitrogen and oxygen atoms in total. The van der Waals surface area contributed by atoms with Gasteiger partial charge in [-0.2, -0.15) is 0 Å². The highest BCUT2D eigenvalue weighted by molar-refractivity contribution is 7.09. The van der Waals surface area contributed by atoms with Crippen LogP contribution < -0.4 is 10.6 Å². The molecule has 1 aliphatic rings. The SMILES string of the molecule is Cc1nnc(CN=C(NCCCN2CCOCC2)NCc2nc(C(C)C)cs2)n1C. The Morgan fingerprint density at radius 3 is 2.73 bits per heavy atom. The first-order valence-corrected chi connectivity index (χ1v) is 11.5. The minimum Gasteiger partial charge on any atom is -0.379 e. The zero-order valence-electron chi connectivity index (χ0n) is 18.5. The van der Waals surface area contributed by atoms with Crippen LogP contribution in [-0.2, 0) is 24.9 Å². The van der Waals surface area contributed by atoms with Crippen LogP contribution in [0.15, 0.2) is 10.4 Å². The molecule has 0 radical (unpaired) electrons. The van der Waals surface area contributed by atoms with Gasteiger partial charge in [0, 0.05) is 32.1 Å². The van der Waals surface area contributed by atoms with E-state index in [0.29, 0.717) is 19.0 Å². The van der Waals surface area contributed by atoms with Gasteiger partial charge < -0.3 is 19.9 Å². The third-order valence-electron chi connectivity index (χ3n) is 5.18.